The monoisotopic (exact) mass is 231 g/mol. The second-order valence-electron chi connectivity index (χ2n) is 4.92. The summed E-state index contributed by atoms with van der Waals surface area (Å²) in [7, 11) is 3.26. The van der Waals surface area contributed by atoms with Crippen molar-refractivity contribution < 1.29 is 14.6 Å². The van der Waals surface area contributed by atoms with Gasteiger partial charge in [-0.15, -0.1) is 0 Å². The predicted molar refractivity (Wildman–Crippen MR) is 63.3 cm³/mol. The van der Waals surface area contributed by atoms with Crippen molar-refractivity contribution >= 4 is 0 Å². The molecule has 0 amide bonds. The molecule has 2 atom stereocenters. The molecule has 4 nitrogen and oxygen atoms in total. The first-order valence-corrected chi connectivity index (χ1v) is 6.07. The van der Waals surface area contributed by atoms with Crippen LogP contribution in [0.5, 0.6) is 0 Å². The average Bonchev–Trinajstić information content (AvgIpc) is 2.30. The summed E-state index contributed by atoms with van der Waals surface area (Å²) in [5.41, 5.74) is -0.132. The van der Waals surface area contributed by atoms with Crippen molar-refractivity contribution in [2.75, 3.05) is 27.4 Å². The van der Waals surface area contributed by atoms with Gasteiger partial charge in [-0.25, -0.2) is 0 Å². The summed E-state index contributed by atoms with van der Waals surface area (Å²) in [5, 5.41) is 13.0. The van der Waals surface area contributed by atoms with Gasteiger partial charge < -0.3 is 19.9 Å². The van der Waals surface area contributed by atoms with Crippen LogP contribution >= 0.6 is 0 Å². The highest BCUT2D eigenvalue weighted by molar-refractivity contribution is 4.92. The molecule has 1 fully saturated rings. The first-order valence-electron chi connectivity index (χ1n) is 6.07. The highest BCUT2D eigenvalue weighted by Crippen LogP contribution is 2.31. The van der Waals surface area contributed by atoms with Crippen molar-refractivity contribution in [3.05, 3.63) is 0 Å². The number of hydrogen-bond acceptors (Lipinski definition) is 4. The fraction of sp³-hybridized carbons (Fsp3) is 1.00. The summed E-state index contributed by atoms with van der Waals surface area (Å²) < 4.78 is 10.3. The van der Waals surface area contributed by atoms with E-state index in [4.69, 9.17) is 9.47 Å². The molecule has 2 N–H and O–H groups in total. The molecule has 0 bridgehead atoms. The zero-order chi connectivity index (χ0) is 12.0. The van der Waals surface area contributed by atoms with Crippen molar-refractivity contribution in [2.45, 2.75) is 44.4 Å². The molecular weight excluding hydrogens is 206 g/mol. The molecule has 4 heteroatoms. The van der Waals surface area contributed by atoms with Gasteiger partial charge in [-0.3, -0.25) is 0 Å². The van der Waals surface area contributed by atoms with E-state index < -0.39 is 0 Å². The number of hydrogen-bond donors (Lipinski definition) is 2. The first kappa shape index (κ1) is 13.9. The summed E-state index contributed by atoms with van der Waals surface area (Å²) in [4.78, 5) is 0. The average molecular weight is 231 g/mol. The highest BCUT2D eigenvalue weighted by atomic mass is 16.7. The van der Waals surface area contributed by atoms with Crippen LogP contribution in [0, 0.1) is 5.92 Å². The normalized spacial score (nSPS) is 30.9. The summed E-state index contributed by atoms with van der Waals surface area (Å²) in [6.45, 7) is 3.06. The number of methoxy groups -OCH3 is 2. The minimum absolute atomic E-state index is 0.132. The smallest absolute Gasteiger partial charge is 0.169 e. The topological polar surface area (TPSA) is 50.7 Å². The lowest BCUT2D eigenvalue weighted by molar-refractivity contribution is -0.105. The Morgan fingerprint density at radius 1 is 1.44 bits per heavy atom. The Labute approximate surface area is 98.3 Å². The van der Waals surface area contributed by atoms with Crippen LogP contribution in [0.3, 0.4) is 0 Å². The van der Waals surface area contributed by atoms with Crippen LogP contribution in [-0.2, 0) is 9.47 Å². The Hall–Kier alpha value is -0.160. The molecule has 1 aliphatic rings. The second kappa shape index (κ2) is 6.55. The van der Waals surface area contributed by atoms with Gasteiger partial charge in [0.2, 0.25) is 0 Å². The van der Waals surface area contributed by atoms with Crippen molar-refractivity contribution in [3.8, 4) is 0 Å². The van der Waals surface area contributed by atoms with Crippen molar-refractivity contribution in [1.29, 1.82) is 0 Å². The predicted octanol–water partition coefficient (Wildman–Crippen LogP) is 1.14. The molecule has 1 rings (SSSR count). The molecule has 1 saturated carbocycles. The van der Waals surface area contributed by atoms with E-state index >= 15 is 0 Å². The van der Waals surface area contributed by atoms with Gasteiger partial charge in [-0.1, -0.05) is 19.8 Å². The molecule has 0 aromatic heterocycles. The van der Waals surface area contributed by atoms with E-state index in [9.17, 15) is 5.11 Å². The lowest BCUT2D eigenvalue weighted by atomic mass is 9.77. The minimum atomic E-state index is -0.236. The first-order chi connectivity index (χ1) is 7.65. The van der Waals surface area contributed by atoms with Gasteiger partial charge in [0.1, 0.15) is 0 Å². The van der Waals surface area contributed by atoms with Crippen molar-refractivity contribution in [2.24, 2.45) is 5.92 Å². The molecule has 0 saturated heterocycles. The van der Waals surface area contributed by atoms with Crippen molar-refractivity contribution in [1.82, 2.24) is 5.32 Å². The zero-order valence-corrected chi connectivity index (χ0v) is 10.7. The maximum absolute atomic E-state index is 9.57. The van der Waals surface area contributed by atoms with Crippen LogP contribution in [0.1, 0.15) is 32.6 Å². The fourth-order valence-corrected chi connectivity index (χ4v) is 2.58. The third-order valence-corrected chi connectivity index (χ3v) is 3.56. The van der Waals surface area contributed by atoms with Crippen LogP contribution in [0.2, 0.25) is 0 Å². The standard InChI is InChI=1S/C12H25NO3/c1-10-5-4-6-12(7-10,9-14)13-8-11(15-2)16-3/h10-11,13-14H,4-9H2,1-3H3. The van der Waals surface area contributed by atoms with Crippen LogP contribution in [0.4, 0.5) is 0 Å². The summed E-state index contributed by atoms with van der Waals surface area (Å²) in [6, 6.07) is 0. The molecule has 0 spiro atoms. The molecule has 96 valence electrons. The van der Waals surface area contributed by atoms with Gasteiger partial charge in [0, 0.05) is 26.3 Å². The van der Waals surface area contributed by atoms with E-state index in [0.717, 1.165) is 12.8 Å². The van der Waals surface area contributed by atoms with Crippen LogP contribution in [-0.4, -0.2) is 44.3 Å². The zero-order valence-electron chi connectivity index (χ0n) is 10.7. The third-order valence-electron chi connectivity index (χ3n) is 3.56. The Morgan fingerprint density at radius 3 is 2.62 bits per heavy atom. The van der Waals surface area contributed by atoms with Gasteiger partial charge in [-0.2, -0.15) is 0 Å². The van der Waals surface area contributed by atoms with E-state index in [0.29, 0.717) is 12.5 Å². The molecule has 0 aliphatic heterocycles. The van der Waals surface area contributed by atoms with Crippen LogP contribution in [0.15, 0.2) is 0 Å². The molecule has 2 unspecified atom stereocenters. The summed E-state index contributed by atoms with van der Waals surface area (Å²) >= 11 is 0. The molecule has 1 aliphatic carbocycles. The Kier molecular flexibility index (Phi) is 5.69. The van der Waals surface area contributed by atoms with E-state index in [-0.39, 0.29) is 18.4 Å². The number of rotatable bonds is 6. The van der Waals surface area contributed by atoms with Crippen molar-refractivity contribution in [3.63, 3.8) is 0 Å². The van der Waals surface area contributed by atoms with E-state index in [1.54, 1.807) is 14.2 Å². The third kappa shape index (κ3) is 3.70. The SMILES string of the molecule is COC(CNC1(CO)CCCC(C)C1)OC. The van der Waals surface area contributed by atoms with E-state index in [1.807, 2.05) is 0 Å². The minimum Gasteiger partial charge on any atom is -0.394 e. The number of nitrogens with one attached hydrogen (secondary N) is 1. The Balaban J connectivity index is 2.46. The number of aliphatic hydroxyl groups excluding tert-OH is 1. The largest absolute Gasteiger partial charge is 0.394 e. The molecular formula is C12H25NO3. The van der Waals surface area contributed by atoms with E-state index in [1.165, 1.54) is 12.8 Å². The maximum Gasteiger partial charge on any atom is 0.169 e. The molecule has 0 aromatic carbocycles. The molecule has 0 aromatic rings. The van der Waals surface area contributed by atoms with Gasteiger partial charge in [0.25, 0.3) is 0 Å². The summed E-state index contributed by atoms with van der Waals surface area (Å²) in [5.74, 6) is 0.678. The van der Waals surface area contributed by atoms with Crippen LogP contribution < -0.4 is 5.32 Å². The quantitative estimate of drug-likeness (QED) is 0.673. The summed E-state index contributed by atoms with van der Waals surface area (Å²) in [6.07, 6.45) is 4.28. The number of aliphatic hydroxyl groups is 1. The van der Waals surface area contributed by atoms with Gasteiger partial charge >= 0.3 is 0 Å². The fourth-order valence-electron chi connectivity index (χ4n) is 2.58. The Bertz CT molecular complexity index is 197. The van der Waals surface area contributed by atoms with Gasteiger partial charge in [0.15, 0.2) is 6.29 Å². The lowest BCUT2D eigenvalue weighted by Crippen LogP contribution is -2.53. The van der Waals surface area contributed by atoms with Crippen LogP contribution in [0.25, 0.3) is 0 Å². The molecule has 16 heavy (non-hydrogen) atoms. The number of ether oxygens (including phenoxy) is 2. The lowest BCUT2D eigenvalue weighted by Gasteiger charge is -2.40. The van der Waals surface area contributed by atoms with Gasteiger partial charge in [-0.05, 0) is 18.8 Å². The molecule has 0 radical (unpaired) electrons. The van der Waals surface area contributed by atoms with E-state index in [2.05, 4.69) is 12.2 Å². The Morgan fingerprint density at radius 2 is 2.12 bits per heavy atom. The van der Waals surface area contributed by atoms with Gasteiger partial charge in [0.05, 0.1) is 6.61 Å². The molecule has 0 heterocycles. The second-order valence-corrected chi connectivity index (χ2v) is 4.92. The maximum atomic E-state index is 9.57. The highest BCUT2D eigenvalue weighted by Gasteiger charge is 2.34.